The molecule has 0 amide bonds. The summed E-state index contributed by atoms with van der Waals surface area (Å²) in [6.07, 6.45) is -3.41. The Bertz CT molecular complexity index is 728. The van der Waals surface area contributed by atoms with Crippen LogP contribution in [0.3, 0.4) is 0 Å². The molecule has 7 nitrogen and oxygen atoms in total. The Kier molecular flexibility index (Phi) is 6.25. The van der Waals surface area contributed by atoms with Gasteiger partial charge in [0.05, 0.1) is 11.1 Å². The van der Waals surface area contributed by atoms with E-state index in [1.807, 2.05) is 0 Å². The van der Waals surface area contributed by atoms with Crippen LogP contribution in [0.1, 0.15) is 20.7 Å². The van der Waals surface area contributed by atoms with Crippen LogP contribution in [0.4, 0.5) is 0 Å². The number of benzene rings is 2. The summed E-state index contributed by atoms with van der Waals surface area (Å²) in [4.78, 5) is 35.6. The quantitative estimate of drug-likeness (QED) is 0.607. The van der Waals surface area contributed by atoms with Gasteiger partial charge >= 0.3 is 17.9 Å². The van der Waals surface area contributed by atoms with Gasteiger partial charge in [0.1, 0.15) is 0 Å². The van der Waals surface area contributed by atoms with E-state index < -0.39 is 30.3 Å². The summed E-state index contributed by atoms with van der Waals surface area (Å²) >= 11 is 0. The minimum Gasteiger partial charge on any atom is -0.478 e. The van der Waals surface area contributed by atoms with E-state index in [0.29, 0.717) is 0 Å². The van der Waals surface area contributed by atoms with Crippen molar-refractivity contribution < 1.29 is 33.7 Å². The average molecular weight is 344 g/mol. The smallest absolute Gasteiger partial charge is 0.351 e. The molecule has 2 aromatic rings. The van der Waals surface area contributed by atoms with Crippen LogP contribution in [0.5, 0.6) is 0 Å². The minimum atomic E-state index is -1.81. The van der Waals surface area contributed by atoms with Crippen molar-refractivity contribution in [3.8, 4) is 0 Å². The zero-order valence-electron chi connectivity index (χ0n) is 13.3. The fourth-order valence-corrected chi connectivity index (χ4v) is 1.96. The van der Waals surface area contributed by atoms with E-state index in [0.717, 1.165) is 7.11 Å². The van der Waals surface area contributed by atoms with Gasteiger partial charge in [0, 0.05) is 7.11 Å². The molecule has 0 radical (unpaired) electrons. The second kappa shape index (κ2) is 8.60. The lowest BCUT2D eigenvalue weighted by atomic mass is 10.2. The third kappa shape index (κ3) is 4.89. The second-order valence-corrected chi connectivity index (χ2v) is 4.91. The molecule has 2 rings (SSSR count). The fraction of sp³-hybridized carbons (Fsp3) is 0.167. The lowest BCUT2D eigenvalue weighted by Crippen LogP contribution is -2.42. The monoisotopic (exact) mass is 344 g/mol. The first-order valence-electron chi connectivity index (χ1n) is 7.30. The highest BCUT2D eigenvalue weighted by molar-refractivity contribution is 5.92. The van der Waals surface area contributed by atoms with E-state index in [2.05, 4.69) is 0 Å². The predicted octanol–water partition coefficient (Wildman–Crippen LogP) is 2.13. The number of carbonyl (C=O) groups is 3. The van der Waals surface area contributed by atoms with E-state index >= 15 is 0 Å². The third-order valence-electron chi connectivity index (χ3n) is 3.20. The van der Waals surface area contributed by atoms with Crippen molar-refractivity contribution in [2.45, 2.75) is 12.4 Å². The van der Waals surface area contributed by atoms with Gasteiger partial charge in [-0.05, 0) is 24.3 Å². The summed E-state index contributed by atoms with van der Waals surface area (Å²) in [5.41, 5.74) is 0.376. The molecule has 130 valence electrons. The number of hydrogen-bond acceptors (Lipinski definition) is 6. The van der Waals surface area contributed by atoms with Crippen LogP contribution in [-0.2, 0) is 19.0 Å². The normalized spacial score (nSPS) is 12.7. The molecule has 2 atom stereocenters. The first kappa shape index (κ1) is 18.2. The molecule has 0 aliphatic rings. The number of aliphatic carboxylic acids is 1. The molecule has 2 aromatic carbocycles. The Balaban J connectivity index is 2.12. The Hall–Kier alpha value is -3.19. The maximum Gasteiger partial charge on any atom is 0.351 e. The number of methoxy groups -OCH3 is 1. The number of carbonyl (C=O) groups excluding carboxylic acids is 2. The van der Waals surface area contributed by atoms with Crippen LogP contribution in [0, 0.1) is 0 Å². The summed E-state index contributed by atoms with van der Waals surface area (Å²) < 4.78 is 14.9. The minimum absolute atomic E-state index is 0.165. The Morgan fingerprint density at radius 2 is 1.24 bits per heavy atom. The Labute approximate surface area is 143 Å². The van der Waals surface area contributed by atoms with Gasteiger partial charge in [0.15, 0.2) is 0 Å². The van der Waals surface area contributed by atoms with Crippen molar-refractivity contribution >= 4 is 17.9 Å². The molecule has 0 saturated carbocycles. The molecule has 0 fully saturated rings. The fourth-order valence-electron chi connectivity index (χ4n) is 1.96. The van der Waals surface area contributed by atoms with Gasteiger partial charge < -0.3 is 19.3 Å². The number of rotatable bonds is 7. The zero-order chi connectivity index (χ0) is 18.2. The number of esters is 2. The van der Waals surface area contributed by atoms with Crippen molar-refractivity contribution in [1.29, 1.82) is 0 Å². The Morgan fingerprint density at radius 3 is 1.64 bits per heavy atom. The molecule has 0 aromatic heterocycles. The van der Waals surface area contributed by atoms with Crippen molar-refractivity contribution in [2.75, 3.05) is 7.11 Å². The lowest BCUT2D eigenvalue weighted by Gasteiger charge is -2.22. The second-order valence-electron chi connectivity index (χ2n) is 4.91. The molecule has 25 heavy (non-hydrogen) atoms. The van der Waals surface area contributed by atoms with Crippen LogP contribution in [0.15, 0.2) is 60.7 Å². The molecule has 0 aliphatic carbocycles. The summed E-state index contributed by atoms with van der Waals surface area (Å²) in [6.45, 7) is 0. The Morgan fingerprint density at radius 1 is 0.800 bits per heavy atom. The highest BCUT2D eigenvalue weighted by Gasteiger charge is 2.35. The lowest BCUT2D eigenvalue weighted by molar-refractivity contribution is -0.181. The number of carboxylic acid groups (broad SMARTS) is 1. The van der Waals surface area contributed by atoms with Crippen molar-refractivity contribution in [3.05, 3.63) is 71.8 Å². The molecule has 0 aliphatic heterocycles. The summed E-state index contributed by atoms with van der Waals surface area (Å²) in [6, 6.07) is 15.8. The van der Waals surface area contributed by atoms with Crippen LogP contribution < -0.4 is 0 Å². The molecular formula is C18H16O7. The van der Waals surface area contributed by atoms with Gasteiger partial charge in [-0.3, -0.25) is 0 Å². The van der Waals surface area contributed by atoms with Crippen molar-refractivity contribution in [3.63, 3.8) is 0 Å². The molecule has 0 spiro atoms. The number of carboxylic acids is 1. The topological polar surface area (TPSA) is 99.1 Å². The van der Waals surface area contributed by atoms with Crippen LogP contribution in [-0.4, -0.2) is 42.5 Å². The zero-order valence-corrected chi connectivity index (χ0v) is 13.3. The van der Waals surface area contributed by atoms with Gasteiger partial charge in [-0.1, -0.05) is 36.4 Å². The molecule has 0 unspecified atom stereocenters. The van der Waals surface area contributed by atoms with E-state index in [1.54, 1.807) is 36.4 Å². The SMILES string of the molecule is CO[C@H](OC(=O)c1ccccc1)[C@@H](OC(=O)c1ccccc1)C(=O)O. The van der Waals surface area contributed by atoms with Gasteiger partial charge in [-0.2, -0.15) is 0 Å². The van der Waals surface area contributed by atoms with Gasteiger partial charge in [0.25, 0.3) is 12.4 Å². The summed E-state index contributed by atoms with van der Waals surface area (Å²) in [5, 5.41) is 9.31. The number of hydrogen-bond donors (Lipinski definition) is 1. The highest BCUT2D eigenvalue weighted by atomic mass is 16.7. The van der Waals surface area contributed by atoms with E-state index in [9.17, 15) is 19.5 Å². The average Bonchev–Trinajstić information content (AvgIpc) is 2.65. The third-order valence-corrected chi connectivity index (χ3v) is 3.20. The standard InChI is InChI=1S/C18H16O7/c1-23-18(25-17(22)13-10-6-3-7-11-13)14(15(19)20)24-16(21)12-8-4-2-5-9-12/h2-11,14,18H,1H3,(H,19,20)/t14-,18+/m0/s1. The van der Waals surface area contributed by atoms with Crippen LogP contribution >= 0.6 is 0 Å². The largest absolute Gasteiger partial charge is 0.478 e. The molecule has 0 heterocycles. The van der Waals surface area contributed by atoms with E-state index in [-0.39, 0.29) is 11.1 Å². The molecule has 0 saturated heterocycles. The maximum absolute atomic E-state index is 12.1. The highest BCUT2D eigenvalue weighted by Crippen LogP contribution is 2.13. The first-order valence-corrected chi connectivity index (χ1v) is 7.30. The van der Waals surface area contributed by atoms with Crippen LogP contribution in [0.2, 0.25) is 0 Å². The summed E-state index contributed by atoms with van der Waals surface area (Å²) in [5.74, 6) is -3.17. The van der Waals surface area contributed by atoms with E-state index in [4.69, 9.17) is 14.2 Å². The molecular weight excluding hydrogens is 328 g/mol. The van der Waals surface area contributed by atoms with Gasteiger partial charge in [0.2, 0.25) is 0 Å². The predicted molar refractivity (Wildman–Crippen MR) is 85.9 cm³/mol. The van der Waals surface area contributed by atoms with Gasteiger partial charge in [-0.25, -0.2) is 14.4 Å². The molecule has 7 heteroatoms. The summed E-state index contributed by atoms with van der Waals surface area (Å²) in [7, 11) is 1.15. The first-order chi connectivity index (χ1) is 12.0. The van der Waals surface area contributed by atoms with Gasteiger partial charge in [-0.15, -0.1) is 0 Å². The van der Waals surface area contributed by atoms with E-state index in [1.165, 1.54) is 24.3 Å². The maximum atomic E-state index is 12.1. The van der Waals surface area contributed by atoms with Crippen molar-refractivity contribution in [1.82, 2.24) is 0 Å². The molecule has 0 bridgehead atoms. The molecule has 1 N–H and O–H groups in total. The number of ether oxygens (including phenoxy) is 3. The van der Waals surface area contributed by atoms with Crippen molar-refractivity contribution in [2.24, 2.45) is 0 Å². The van der Waals surface area contributed by atoms with Crippen LogP contribution in [0.25, 0.3) is 0 Å².